The first-order valence-corrected chi connectivity index (χ1v) is 11.2. The van der Waals surface area contributed by atoms with Gasteiger partial charge in [0.2, 0.25) is 0 Å². The van der Waals surface area contributed by atoms with E-state index in [1.807, 2.05) is 18.4 Å². The zero-order valence-corrected chi connectivity index (χ0v) is 16.2. The number of ether oxygens (including phenoxy) is 1. The largest absolute Gasteiger partial charge is 0.449 e. The molecule has 0 bridgehead atoms. The van der Waals surface area contributed by atoms with E-state index >= 15 is 0 Å². The fraction of sp³-hybridized carbons (Fsp3) is 0.529. The second-order valence-corrected chi connectivity index (χ2v) is 9.01. The van der Waals surface area contributed by atoms with E-state index in [-0.39, 0.29) is 23.5 Å². The number of hydrogen-bond acceptors (Lipinski definition) is 6. The van der Waals surface area contributed by atoms with Gasteiger partial charge in [-0.05, 0) is 38.7 Å². The Bertz CT molecular complexity index is 747. The van der Waals surface area contributed by atoms with E-state index < -0.39 is 21.9 Å². The minimum atomic E-state index is -3.09. The average molecular weight is 386 g/mol. The predicted octanol–water partition coefficient (Wildman–Crippen LogP) is 1.99. The summed E-state index contributed by atoms with van der Waals surface area (Å²) in [7, 11) is -3.09. The molecule has 1 fully saturated rings. The average Bonchev–Trinajstić information content (AvgIpc) is 2.94. The van der Waals surface area contributed by atoms with Crippen molar-refractivity contribution in [1.29, 1.82) is 0 Å². The molecule has 0 saturated carbocycles. The van der Waals surface area contributed by atoms with Crippen molar-refractivity contribution < 1.29 is 22.7 Å². The summed E-state index contributed by atoms with van der Waals surface area (Å²) >= 11 is 1.43. The smallest absolute Gasteiger partial charge is 0.340 e. The molecule has 1 amide bonds. The number of carbonyl (C=O) groups is 2. The second-order valence-electron chi connectivity index (χ2n) is 5.93. The molecule has 2 rings (SSSR count). The fourth-order valence-corrected chi connectivity index (χ4v) is 5.25. The highest BCUT2D eigenvalue weighted by Gasteiger charge is 2.36. The van der Waals surface area contributed by atoms with Crippen LogP contribution >= 0.6 is 11.8 Å². The molecule has 1 heterocycles. The van der Waals surface area contributed by atoms with Crippen LogP contribution in [0.4, 0.5) is 0 Å². The van der Waals surface area contributed by atoms with E-state index in [1.54, 1.807) is 19.1 Å². The van der Waals surface area contributed by atoms with Gasteiger partial charge in [-0.15, -0.1) is 11.8 Å². The highest BCUT2D eigenvalue weighted by molar-refractivity contribution is 7.98. The van der Waals surface area contributed by atoms with Crippen LogP contribution in [0.25, 0.3) is 0 Å². The van der Waals surface area contributed by atoms with Gasteiger partial charge < -0.3 is 9.64 Å². The Kier molecular flexibility index (Phi) is 6.51. The molecule has 0 radical (unpaired) electrons. The molecule has 2 atom stereocenters. The van der Waals surface area contributed by atoms with E-state index in [9.17, 15) is 18.0 Å². The van der Waals surface area contributed by atoms with Crippen molar-refractivity contribution in [3.05, 3.63) is 29.8 Å². The Balaban J connectivity index is 2.07. The van der Waals surface area contributed by atoms with Gasteiger partial charge >= 0.3 is 5.97 Å². The Morgan fingerprint density at radius 3 is 2.60 bits per heavy atom. The molecule has 0 spiro atoms. The molecule has 0 aromatic heterocycles. The lowest BCUT2D eigenvalue weighted by Crippen LogP contribution is -2.46. The molecular formula is C17H23NO5S2. The third-order valence-corrected chi connectivity index (χ3v) is 6.78. The minimum Gasteiger partial charge on any atom is -0.449 e. The van der Waals surface area contributed by atoms with E-state index in [0.29, 0.717) is 18.5 Å². The van der Waals surface area contributed by atoms with Gasteiger partial charge in [-0.2, -0.15) is 0 Å². The molecule has 1 saturated heterocycles. The molecule has 0 aliphatic carbocycles. The minimum absolute atomic E-state index is 0.0252. The Morgan fingerprint density at radius 2 is 2.04 bits per heavy atom. The third kappa shape index (κ3) is 4.76. The number of thioether (sulfide) groups is 1. The van der Waals surface area contributed by atoms with Gasteiger partial charge in [0, 0.05) is 17.5 Å². The van der Waals surface area contributed by atoms with Crippen molar-refractivity contribution in [1.82, 2.24) is 4.90 Å². The molecular weight excluding hydrogens is 362 g/mol. The first-order valence-electron chi connectivity index (χ1n) is 8.14. The van der Waals surface area contributed by atoms with Crippen molar-refractivity contribution >= 4 is 33.5 Å². The monoisotopic (exact) mass is 385 g/mol. The maximum atomic E-state index is 12.6. The summed E-state index contributed by atoms with van der Waals surface area (Å²) in [5.41, 5.74) is 0.418. The molecule has 6 nitrogen and oxygen atoms in total. The van der Waals surface area contributed by atoms with Gasteiger partial charge in [0.15, 0.2) is 15.9 Å². The van der Waals surface area contributed by atoms with Crippen LogP contribution in [0.15, 0.2) is 29.2 Å². The normalized spacial score (nSPS) is 20.0. The summed E-state index contributed by atoms with van der Waals surface area (Å²) in [6.07, 6.45) is 1.32. The van der Waals surface area contributed by atoms with Gasteiger partial charge in [0.1, 0.15) is 0 Å². The van der Waals surface area contributed by atoms with E-state index in [2.05, 4.69) is 0 Å². The van der Waals surface area contributed by atoms with Gasteiger partial charge in [-0.1, -0.05) is 12.1 Å². The zero-order valence-electron chi connectivity index (χ0n) is 14.6. The SMILES string of the molecule is CCN(C(=O)[C@H](C)OC(=O)c1ccccc1SC)[C@@H]1CCS(=O)(=O)C1. The molecule has 0 N–H and O–H groups in total. The first-order chi connectivity index (χ1) is 11.8. The lowest BCUT2D eigenvalue weighted by molar-refractivity contribution is -0.141. The zero-order chi connectivity index (χ0) is 18.6. The van der Waals surface area contributed by atoms with Gasteiger partial charge in [0.25, 0.3) is 5.91 Å². The molecule has 1 aromatic rings. The van der Waals surface area contributed by atoms with Crippen LogP contribution in [0, 0.1) is 0 Å². The third-order valence-electron chi connectivity index (χ3n) is 4.23. The maximum absolute atomic E-state index is 12.6. The number of nitrogens with zero attached hydrogens (tertiary/aromatic N) is 1. The lowest BCUT2D eigenvalue weighted by Gasteiger charge is -2.29. The fourth-order valence-electron chi connectivity index (χ4n) is 2.94. The first kappa shape index (κ1) is 19.8. The molecule has 1 aromatic carbocycles. The summed E-state index contributed by atoms with van der Waals surface area (Å²) in [5, 5.41) is 0. The number of amides is 1. The number of rotatable bonds is 6. The molecule has 1 aliphatic heterocycles. The van der Waals surface area contributed by atoms with Gasteiger partial charge in [0.05, 0.1) is 17.1 Å². The summed E-state index contributed by atoms with van der Waals surface area (Å²) < 4.78 is 28.7. The van der Waals surface area contributed by atoms with Crippen LogP contribution in [0.2, 0.25) is 0 Å². The Labute approximate surface area is 152 Å². The second kappa shape index (κ2) is 8.23. The number of carbonyl (C=O) groups excluding carboxylic acids is 2. The van der Waals surface area contributed by atoms with Crippen LogP contribution in [-0.4, -0.2) is 61.6 Å². The van der Waals surface area contributed by atoms with Crippen LogP contribution in [0.1, 0.15) is 30.6 Å². The highest BCUT2D eigenvalue weighted by Crippen LogP contribution is 2.22. The number of likely N-dealkylation sites (N-methyl/N-ethyl adjacent to an activating group) is 1. The number of benzene rings is 1. The maximum Gasteiger partial charge on any atom is 0.340 e. The van der Waals surface area contributed by atoms with Crippen LogP contribution in [0.5, 0.6) is 0 Å². The van der Waals surface area contributed by atoms with Crippen LogP contribution < -0.4 is 0 Å². The highest BCUT2D eigenvalue weighted by atomic mass is 32.2. The molecule has 138 valence electrons. The number of sulfone groups is 1. The summed E-state index contributed by atoms with van der Waals surface area (Å²) in [6, 6.07) is 6.70. The van der Waals surface area contributed by atoms with Gasteiger partial charge in [-0.3, -0.25) is 4.79 Å². The molecule has 1 aliphatic rings. The van der Waals surface area contributed by atoms with E-state index in [4.69, 9.17) is 4.74 Å². The number of esters is 1. The summed E-state index contributed by atoms with van der Waals surface area (Å²) in [5.74, 6) is -0.848. The molecule has 8 heteroatoms. The Hall–Kier alpha value is -1.54. The van der Waals surface area contributed by atoms with E-state index in [0.717, 1.165) is 4.90 Å². The quantitative estimate of drug-likeness (QED) is 0.550. The van der Waals surface area contributed by atoms with Crippen LogP contribution in [0.3, 0.4) is 0 Å². The topological polar surface area (TPSA) is 80.8 Å². The van der Waals surface area contributed by atoms with Crippen LogP contribution in [-0.2, 0) is 19.4 Å². The molecule has 25 heavy (non-hydrogen) atoms. The van der Waals surface area contributed by atoms with Gasteiger partial charge in [-0.25, -0.2) is 13.2 Å². The van der Waals surface area contributed by atoms with Crippen molar-refractivity contribution in [2.75, 3.05) is 24.3 Å². The van der Waals surface area contributed by atoms with Crippen molar-refractivity contribution in [3.63, 3.8) is 0 Å². The predicted molar refractivity (Wildman–Crippen MR) is 97.5 cm³/mol. The summed E-state index contributed by atoms with van der Waals surface area (Å²) in [6.45, 7) is 3.69. The standard InChI is InChI=1S/C17H23NO5S2/c1-4-18(13-9-10-25(21,22)11-13)16(19)12(2)23-17(20)14-7-5-6-8-15(14)24-3/h5-8,12-13H,4,9-11H2,1-3H3/t12-,13+/m0/s1. The molecule has 0 unspecified atom stereocenters. The number of hydrogen-bond donors (Lipinski definition) is 0. The van der Waals surface area contributed by atoms with Crippen molar-refractivity contribution in [2.24, 2.45) is 0 Å². The van der Waals surface area contributed by atoms with Crippen molar-refractivity contribution in [3.8, 4) is 0 Å². The van der Waals surface area contributed by atoms with E-state index in [1.165, 1.54) is 23.6 Å². The Morgan fingerprint density at radius 1 is 1.36 bits per heavy atom. The summed E-state index contributed by atoms with van der Waals surface area (Å²) in [4.78, 5) is 27.3. The lowest BCUT2D eigenvalue weighted by atomic mass is 10.2. The van der Waals surface area contributed by atoms with Crippen molar-refractivity contribution in [2.45, 2.75) is 37.3 Å².